The fourth-order valence-corrected chi connectivity index (χ4v) is 0. The number of hydrogen-bond acceptors (Lipinski definition) is 0. The molecule has 0 rings (SSSR count). The van der Waals surface area contributed by atoms with E-state index in [0.717, 1.165) is 5.92 Å². The summed E-state index contributed by atoms with van der Waals surface area (Å²) >= 11 is 0. The minimum atomic E-state index is 0. The summed E-state index contributed by atoms with van der Waals surface area (Å²) in [5.41, 5.74) is 0. The van der Waals surface area contributed by atoms with E-state index in [4.69, 9.17) is 0 Å². The minimum absolute atomic E-state index is 0. The Kier molecular flexibility index (Phi) is 11.5. The van der Waals surface area contributed by atoms with Gasteiger partial charge in [-0.3, -0.25) is 0 Å². The van der Waals surface area contributed by atoms with E-state index in [-0.39, 0.29) is 48.9 Å². The van der Waals surface area contributed by atoms with Crippen molar-refractivity contribution >= 4 is 48.9 Å². The normalized spacial score (nSPS) is 8.00. The molecule has 0 atom stereocenters. The van der Waals surface area contributed by atoms with Crippen LogP contribution in [-0.2, 0) is 0 Å². The van der Waals surface area contributed by atoms with Gasteiger partial charge < -0.3 is 0 Å². The van der Waals surface area contributed by atoms with Gasteiger partial charge in [0.05, 0.1) is 0 Å². The van der Waals surface area contributed by atoms with Crippen LogP contribution in [0.2, 0.25) is 0 Å². The van der Waals surface area contributed by atoms with Crippen LogP contribution in [0.3, 0.4) is 0 Å². The molecule has 0 aromatic carbocycles. The van der Waals surface area contributed by atoms with Gasteiger partial charge in [-0.05, 0) is 5.92 Å². The van der Waals surface area contributed by atoms with Gasteiger partial charge in [0.15, 0.2) is 0 Å². The Balaban J connectivity index is 0. The summed E-state index contributed by atoms with van der Waals surface area (Å²) in [6.45, 7) is 6.64. The van der Waals surface area contributed by atoms with Gasteiger partial charge >= 0.3 is 48.9 Å². The van der Waals surface area contributed by atoms with Crippen LogP contribution in [0.15, 0.2) is 0 Å². The molecule has 1 heteroatoms. The summed E-state index contributed by atoms with van der Waals surface area (Å²) in [6, 6.07) is 0. The van der Waals surface area contributed by atoms with Crippen LogP contribution in [0.25, 0.3) is 0 Å². The molecule has 36 valence electrons. The molecule has 6 heavy (non-hydrogen) atoms. The summed E-state index contributed by atoms with van der Waals surface area (Å²) in [4.78, 5) is 0. The maximum atomic E-state index is 2.22. The molecule has 0 aliphatic heterocycles. The van der Waals surface area contributed by atoms with Crippen molar-refractivity contribution in [2.45, 2.75) is 27.2 Å². The number of rotatable bonds is 1. The average molecular weight is 211 g/mol. The van der Waals surface area contributed by atoms with Gasteiger partial charge in [0.1, 0.15) is 0 Å². The van der Waals surface area contributed by atoms with Crippen molar-refractivity contribution < 1.29 is 0 Å². The van der Waals surface area contributed by atoms with Gasteiger partial charge in [0, 0.05) is 0 Å². The van der Waals surface area contributed by atoms with Crippen LogP contribution < -0.4 is 0 Å². The van der Waals surface area contributed by atoms with E-state index in [0.29, 0.717) is 0 Å². The first-order valence-corrected chi connectivity index (χ1v) is 2.27. The van der Waals surface area contributed by atoms with E-state index < -0.39 is 0 Å². The Labute approximate surface area is 80.8 Å². The average Bonchev–Trinajstić information content (AvgIpc) is 1.38. The quantitative estimate of drug-likeness (QED) is 0.571. The fraction of sp³-hybridized carbons (Fsp3) is 1.00. The van der Waals surface area contributed by atoms with Gasteiger partial charge in [-0.25, -0.2) is 0 Å². The summed E-state index contributed by atoms with van der Waals surface area (Å²) in [6.07, 6.45) is 1.31. The molecular weight excluding hydrogens is 197 g/mol. The summed E-state index contributed by atoms with van der Waals surface area (Å²) in [5.74, 6) is 0.884. The Hall–Kier alpha value is 1.57. The van der Waals surface area contributed by atoms with Gasteiger partial charge in [-0.1, -0.05) is 27.2 Å². The standard InChI is InChI=1S/C5H12.Ba.2H/c1-4-5(2)3;;;/h5H,4H2,1-3H3;;;. The molecule has 0 heterocycles. The van der Waals surface area contributed by atoms with Crippen LogP contribution in [0.4, 0.5) is 0 Å². The van der Waals surface area contributed by atoms with Crippen LogP contribution in [0, 0.1) is 5.92 Å². The van der Waals surface area contributed by atoms with Crippen molar-refractivity contribution in [1.29, 1.82) is 0 Å². The molecule has 0 aromatic heterocycles. The van der Waals surface area contributed by atoms with Crippen molar-refractivity contribution in [3.05, 3.63) is 0 Å². The summed E-state index contributed by atoms with van der Waals surface area (Å²) in [7, 11) is 0. The Morgan fingerprint density at radius 2 is 1.50 bits per heavy atom. The third-order valence-electron chi connectivity index (χ3n) is 0.816. The molecule has 0 aliphatic rings. The molecule has 0 unspecified atom stereocenters. The first-order valence-electron chi connectivity index (χ1n) is 2.27. The molecule has 0 saturated heterocycles. The molecule has 0 nitrogen and oxygen atoms in total. The van der Waals surface area contributed by atoms with E-state index in [1.54, 1.807) is 0 Å². The van der Waals surface area contributed by atoms with Crippen LogP contribution in [0.5, 0.6) is 0 Å². The topological polar surface area (TPSA) is 0 Å². The van der Waals surface area contributed by atoms with Gasteiger partial charge in [0.2, 0.25) is 0 Å². The molecule has 0 saturated carbocycles. The van der Waals surface area contributed by atoms with Crippen LogP contribution >= 0.6 is 0 Å². The predicted molar refractivity (Wildman–Crippen MR) is 33.7 cm³/mol. The van der Waals surface area contributed by atoms with Crippen molar-refractivity contribution in [3.63, 3.8) is 0 Å². The second kappa shape index (κ2) is 6.57. The fourth-order valence-electron chi connectivity index (χ4n) is 0. The van der Waals surface area contributed by atoms with E-state index >= 15 is 0 Å². The van der Waals surface area contributed by atoms with Gasteiger partial charge in [-0.15, -0.1) is 0 Å². The predicted octanol–water partition coefficient (Wildman–Crippen LogP) is 1.14. The second-order valence-electron chi connectivity index (χ2n) is 1.80. The second-order valence-corrected chi connectivity index (χ2v) is 1.80. The molecule has 0 aliphatic carbocycles. The maximum absolute atomic E-state index is 2.22. The van der Waals surface area contributed by atoms with E-state index in [1.807, 2.05) is 0 Å². The zero-order chi connectivity index (χ0) is 4.28. The van der Waals surface area contributed by atoms with Crippen molar-refractivity contribution in [2.75, 3.05) is 0 Å². The molecule has 0 bridgehead atoms. The summed E-state index contributed by atoms with van der Waals surface area (Å²) < 4.78 is 0. The Morgan fingerprint density at radius 3 is 1.50 bits per heavy atom. The van der Waals surface area contributed by atoms with Gasteiger partial charge in [-0.2, -0.15) is 0 Å². The molecule has 0 radical (unpaired) electrons. The SMILES string of the molecule is CCC(C)C.[BaH2]. The van der Waals surface area contributed by atoms with Crippen molar-refractivity contribution in [3.8, 4) is 0 Å². The van der Waals surface area contributed by atoms with E-state index in [1.165, 1.54) is 6.42 Å². The molecular formula is C5H14Ba. The van der Waals surface area contributed by atoms with Crippen molar-refractivity contribution in [2.24, 2.45) is 5.92 Å². The molecule has 0 amide bonds. The van der Waals surface area contributed by atoms with Crippen molar-refractivity contribution in [1.82, 2.24) is 0 Å². The molecule has 0 aromatic rings. The monoisotopic (exact) mass is 212 g/mol. The third kappa shape index (κ3) is 9.13. The van der Waals surface area contributed by atoms with E-state index in [9.17, 15) is 0 Å². The third-order valence-corrected chi connectivity index (χ3v) is 0.816. The number of hydrogen-bond donors (Lipinski definition) is 0. The van der Waals surface area contributed by atoms with Crippen LogP contribution in [-0.4, -0.2) is 48.9 Å². The molecule has 0 spiro atoms. The summed E-state index contributed by atoms with van der Waals surface area (Å²) in [5, 5.41) is 0. The zero-order valence-corrected chi connectivity index (χ0v) is 4.28. The first kappa shape index (κ1) is 10.5. The Morgan fingerprint density at radius 1 is 1.33 bits per heavy atom. The Bertz CT molecular complexity index is 17.9. The van der Waals surface area contributed by atoms with Gasteiger partial charge in [0.25, 0.3) is 0 Å². The van der Waals surface area contributed by atoms with E-state index in [2.05, 4.69) is 20.8 Å². The molecule has 0 N–H and O–H groups in total. The first-order chi connectivity index (χ1) is 2.27. The molecule has 0 fully saturated rings. The zero-order valence-electron chi connectivity index (χ0n) is 4.28. The van der Waals surface area contributed by atoms with Crippen LogP contribution in [0.1, 0.15) is 27.2 Å².